The molecule has 7 heteroatoms. The molecule has 0 atom stereocenters. The molecule has 22 heavy (non-hydrogen) atoms. The smallest absolute Gasteiger partial charge is 0.352 e. The Kier molecular flexibility index (Phi) is 6.90. The monoisotopic (exact) mass is 320 g/mol. The first-order valence-electron chi connectivity index (χ1n) is 6.59. The minimum absolute atomic E-state index is 0.00499. The lowest BCUT2D eigenvalue weighted by molar-refractivity contribution is -0.135. The van der Waals surface area contributed by atoms with Crippen molar-refractivity contribution in [1.29, 1.82) is 5.26 Å². The molecule has 0 saturated heterocycles. The molecule has 0 aromatic carbocycles. The van der Waals surface area contributed by atoms with Crippen molar-refractivity contribution < 1.29 is 14.3 Å². The molecule has 0 fully saturated rings. The Hall–Kier alpha value is -2.55. The van der Waals surface area contributed by atoms with Gasteiger partial charge in [-0.05, 0) is 13.8 Å². The fourth-order valence-corrected chi connectivity index (χ4v) is 2.59. The van der Waals surface area contributed by atoms with E-state index < -0.39 is 5.97 Å². The summed E-state index contributed by atoms with van der Waals surface area (Å²) < 4.78 is 11.7. The van der Waals surface area contributed by atoms with Crippen molar-refractivity contribution in [2.45, 2.75) is 20.4 Å². The Balaban J connectivity index is 3.61. The number of thiazole rings is 1. The number of esters is 1. The number of carbonyl (C=O) groups is 1. The van der Waals surface area contributed by atoms with Gasteiger partial charge in [0.2, 0.25) is 0 Å². The highest BCUT2D eigenvalue weighted by atomic mass is 32.1. The summed E-state index contributed by atoms with van der Waals surface area (Å²) in [6.45, 7) is 7.76. The van der Waals surface area contributed by atoms with Crippen molar-refractivity contribution in [2.24, 2.45) is 0 Å². The number of hydrogen-bond acceptors (Lipinski definition) is 6. The van der Waals surface area contributed by atoms with E-state index in [1.54, 1.807) is 19.9 Å². The molecule has 1 aromatic heterocycles. The molecular weight excluding hydrogens is 304 g/mol. The van der Waals surface area contributed by atoms with E-state index in [9.17, 15) is 14.9 Å². The van der Waals surface area contributed by atoms with E-state index in [-0.39, 0.29) is 26.9 Å². The number of carbonyl (C=O) groups excluding carboxylic acids is 1. The number of aromatic nitrogens is 1. The molecular formula is C15H16N2O4S. The van der Waals surface area contributed by atoms with Gasteiger partial charge in [0.25, 0.3) is 5.56 Å². The van der Waals surface area contributed by atoms with Gasteiger partial charge in [-0.2, -0.15) is 5.26 Å². The number of nitrogens with zero attached hydrogens (tertiary/aromatic N) is 2. The lowest BCUT2D eigenvalue weighted by Crippen LogP contribution is -2.32. The van der Waals surface area contributed by atoms with Gasteiger partial charge in [-0.1, -0.05) is 18.4 Å². The molecule has 0 bridgehead atoms. The van der Waals surface area contributed by atoms with E-state index in [1.807, 2.05) is 0 Å². The predicted octanol–water partition coefficient (Wildman–Crippen LogP) is 0.263. The lowest BCUT2D eigenvalue weighted by atomic mass is 10.3. The highest BCUT2D eigenvalue weighted by molar-refractivity contribution is 7.07. The van der Waals surface area contributed by atoms with Crippen molar-refractivity contribution in [3.05, 3.63) is 38.5 Å². The maximum atomic E-state index is 12.2. The Morgan fingerprint density at radius 1 is 1.50 bits per heavy atom. The highest BCUT2D eigenvalue weighted by Gasteiger charge is 2.16. The minimum Gasteiger partial charge on any atom is -0.493 e. The third kappa shape index (κ3) is 3.98. The summed E-state index contributed by atoms with van der Waals surface area (Å²) in [4.78, 5) is 24.1. The van der Waals surface area contributed by atoms with Gasteiger partial charge in [0.15, 0.2) is 5.57 Å². The highest BCUT2D eigenvalue weighted by Crippen LogP contribution is 1.97. The predicted molar refractivity (Wildman–Crippen MR) is 83.3 cm³/mol. The molecule has 0 saturated carbocycles. The third-order valence-electron chi connectivity index (χ3n) is 2.50. The zero-order valence-corrected chi connectivity index (χ0v) is 13.2. The SMILES string of the molecule is C=CCOC(=O)/C(C#N)=c1\sc(=C=COCC)c(=O)n1CC. The van der Waals surface area contributed by atoms with Crippen LogP contribution in [0.4, 0.5) is 0 Å². The zero-order chi connectivity index (χ0) is 16.5. The van der Waals surface area contributed by atoms with Crippen molar-refractivity contribution in [1.82, 2.24) is 4.57 Å². The van der Waals surface area contributed by atoms with Gasteiger partial charge < -0.3 is 9.47 Å². The van der Waals surface area contributed by atoms with E-state index in [0.29, 0.717) is 13.2 Å². The first-order chi connectivity index (χ1) is 10.6. The second kappa shape index (κ2) is 8.67. The standard InChI is InChI=1S/C15H16N2O4S/c1-4-8-21-15(19)11(10-16)14-17(5-2)13(18)12(22-14)7-9-20-6-3/h4,9H,1,5-6,8H2,2-3H3/b14-11-. The Morgan fingerprint density at radius 2 is 2.23 bits per heavy atom. The number of nitriles is 1. The second-order valence-electron chi connectivity index (χ2n) is 3.88. The Labute approximate surface area is 131 Å². The maximum Gasteiger partial charge on any atom is 0.352 e. The number of ether oxygens (including phenoxy) is 2. The summed E-state index contributed by atoms with van der Waals surface area (Å²) in [6.07, 6.45) is 2.69. The molecule has 1 rings (SSSR count). The molecule has 0 N–H and O–H groups in total. The average Bonchev–Trinajstić information content (AvgIpc) is 2.82. The zero-order valence-electron chi connectivity index (χ0n) is 12.4. The van der Waals surface area contributed by atoms with Crippen LogP contribution in [0, 0.1) is 11.3 Å². The minimum atomic E-state index is -0.786. The molecule has 1 heterocycles. The molecule has 116 valence electrons. The molecule has 0 radical (unpaired) electrons. The number of rotatable bonds is 6. The van der Waals surface area contributed by atoms with Crippen LogP contribution in [0.25, 0.3) is 11.3 Å². The molecule has 6 nitrogen and oxygen atoms in total. The quantitative estimate of drug-likeness (QED) is 0.427. The molecule has 0 spiro atoms. The fraction of sp³-hybridized carbons (Fsp3) is 0.333. The third-order valence-corrected chi connectivity index (χ3v) is 3.62. The van der Waals surface area contributed by atoms with Crippen LogP contribution in [0.2, 0.25) is 0 Å². The average molecular weight is 320 g/mol. The van der Waals surface area contributed by atoms with Gasteiger partial charge in [-0.15, -0.1) is 11.3 Å². The van der Waals surface area contributed by atoms with Crippen molar-refractivity contribution in [2.75, 3.05) is 13.2 Å². The summed E-state index contributed by atoms with van der Waals surface area (Å²) in [7, 11) is 0. The summed E-state index contributed by atoms with van der Waals surface area (Å²) in [5.41, 5.74) is 2.17. The van der Waals surface area contributed by atoms with E-state index >= 15 is 0 Å². The van der Waals surface area contributed by atoms with Gasteiger partial charge in [0.1, 0.15) is 28.1 Å². The van der Waals surface area contributed by atoms with Crippen molar-refractivity contribution in [3.63, 3.8) is 0 Å². The van der Waals surface area contributed by atoms with Crippen LogP contribution in [-0.2, 0) is 20.8 Å². The van der Waals surface area contributed by atoms with Crippen LogP contribution >= 0.6 is 11.3 Å². The maximum absolute atomic E-state index is 12.2. The van der Waals surface area contributed by atoms with Gasteiger partial charge in [-0.3, -0.25) is 9.36 Å². The van der Waals surface area contributed by atoms with Gasteiger partial charge >= 0.3 is 5.97 Å². The van der Waals surface area contributed by atoms with Gasteiger partial charge in [0.05, 0.1) is 6.61 Å². The molecule has 1 aromatic rings. The van der Waals surface area contributed by atoms with Crippen LogP contribution in [-0.4, -0.2) is 23.8 Å². The normalized spacial score (nSPS) is 11.0. The molecule has 0 aliphatic rings. The van der Waals surface area contributed by atoms with Crippen molar-refractivity contribution >= 4 is 28.6 Å². The molecule has 0 aliphatic carbocycles. The van der Waals surface area contributed by atoms with E-state index in [0.717, 1.165) is 11.3 Å². The van der Waals surface area contributed by atoms with Crippen molar-refractivity contribution in [3.8, 4) is 6.07 Å². The fourth-order valence-electron chi connectivity index (χ4n) is 1.54. The summed E-state index contributed by atoms with van der Waals surface area (Å²) in [6, 6.07) is 1.80. The summed E-state index contributed by atoms with van der Waals surface area (Å²) in [5.74, 6) is -0.786. The van der Waals surface area contributed by atoms with E-state index in [2.05, 4.69) is 12.3 Å². The van der Waals surface area contributed by atoms with Gasteiger partial charge in [0, 0.05) is 6.54 Å². The topological polar surface area (TPSA) is 81.3 Å². The Morgan fingerprint density at radius 3 is 2.77 bits per heavy atom. The molecule has 0 amide bonds. The summed E-state index contributed by atoms with van der Waals surface area (Å²) in [5, 5.41) is 9.21. The molecule has 0 aliphatic heterocycles. The first kappa shape index (κ1) is 17.5. The van der Waals surface area contributed by atoms with E-state index in [1.165, 1.54) is 16.9 Å². The first-order valence-corrected chi connectivity index (χ1v) is 7.41. The van der Waals surface area contributed by atoms with Crippen LogP contribution in [0.15, 0.2) is 23.7 Å². The summed E-state index contributed by atoms with van der Waals surface area (Å²) >= 11 is 0.998. The van der Waals surface area contributed by atoms with E-state index in [4.69, 9.17) is 9.47 Å². The van der Waals surface area contributed by atoms with Crippen LogP contribution < -0.4 is 14.8 Å². The Bertz CT molecular complexity index is 804. The van der Waals surface area contributed by atoms with Crippen LogP contribution in [0.5, 0.6) is 0 Å². The second-order valence-corrected chi connectivity index (χ2v) is 4.88. The number of hydrogen-bond donors (Lipinski definition) is 0. The lowest BCUT2D eigenvalue weighted by Gasteiger charge is -2.00. The van der Waals surface area contributed by atoms with Crippen LogP contribution in [0.1, 0.15) is 13.8 Å². The molecule has 0 unspecified atom stereocenters. The largest absolute Gasteiger partial charge is 0.493 e. The van der Waals surface area contributed by atoms with Crippen LogP contribution in [0.3, 0.4) is 0 Å². The van der Waals surface area contributed by atoms with Gasteiger partial charge in [-0.25, -0.2) is 4.79 Å².